The van der Waals surface area contributed by atoms with Crippen LogP contribution in [0.5, 0.6) is 0 Å². The fraction of sp³-hybridized carbons (Fsp3) is 0.318. The number of hydrogen-bond donors (Lipinski definition) is 1. The predicted octanol–water partition coefficient (Wildman–Crippen LogP) is 2.94. The van der Waals surface area contributed by atoms with Gasteiger partial charge in [-0.1, -0.05) is 18.2 Å². The van der Waals surface area contributed by atoms with Crippen molar-refractivity contribution in [2.24, 2.45) is 0 Å². The lowest BCUT2D eigenvalue weighted by Gasteiger charge is -2.33. The Hall–Kier alpha value is -2.78. The van der Waals surface area contributed by atoms with E-state index in [1.165, 1.54) is 0 Å². The van der Waals surface area contributed by atoms with Gasteiger partial charge in [0.15, 0.2) is 23.3 Å². The predicted molar refractivity (Wildman–Crippen MR) is 99.1 cm³/mol. The van der Waals surface area contributed by atoms with Gasteiger partial charge in [-0.05, 0) is 56.7 Å². The number of aliphatic carboxylic acids is 1. The quantitative estimate of drug-likeness (QED) is 0.589. The number of aliphatic hydroxyl groups is 1. The Morgan fingerprint density at radius 3 is 1.97 bits per heavy atom. The van der Waals surface area contributed by atoms with Crippen molar-refractivity contribution in [2.45, 2.75) is 36.7 Å². The summed E-state index contributed by atoms with van der Waals surface area (Å²) in [5.74, 6) is -7.93. The number of alkyl halides is 1. The molecular weight excluding hydrogens is 421 g/mol. The summed E-state index contributed by atoms with van der Waals surface area (Å²) >= 11 is 0. The third kappa shape index (κ3) is 4.20. The van der Waals surface area contributed by atoms with Crippen LogP contribution in [0.4, 0.5) is 22.0 Å². The number of carbonyl (C=O) groups is 1. The van der Waals surface area contributed by atoms with Crippen LogP contribution in [-0.2, 0) is 10.5 Å². The van der Waals surface area contributed by atoms with Gasteiger partial charge in [0.1, 0.15) is 5.72 Å². The van der Waals surface area contributed by atoms with Crippen molar-refractivity contribution in [2.75, 3.05) is 7.05 Å². The van der Waals surface area contributed by atoms with Gasteiger partial charge in [0.25, 0.3) is 0 Å². The molecule has 4 nitrogen and oxygen atoms in total. The summed E-state index contributed by atoms with van der Waals surface area (Å²) in [4.78, 5) is 13.2. The number of hydrogen-bond acceptors (Lipinski definition) is 4. The zero-order valence-electron chi connectivity index (χ0n) is 16.4. The number of carboxylic acids is 1. The fourth-order valence-electron chi connectivity index (χ4n) is 3.78. The van der Waals surface area contributed by atoms with Crippen LogP contribution in [0.2, 0.25) is 0 Å². The first-order valence-corrected chi connectivity index (χ1v) is 9.43. The Kier molecular flexibility index (Phi) is 6.20. The highest BCUT2D eigenvalue weighted by atomic mass is 19.2. The lowest BCUT2D eigenvalue weighted by atomic mass is 9.88. The van der Waals surface area contributed by atoms with Crippen molar-refractivity contribution in [3.05, 3.63) is 82.9 Å². The Balaban J connectivity index is 0.000000225. The minimum Gasteiger partial charge on any atom is -0.546 e. The third-order valence-corrected chi connectivity index (χ3v) is 5.71. The standard InChI is InChI=1S/C14H7F5O2.C8H13NO/c15-9-3-1-7(5-11(9)17)14(19,13(20)21)8-2-4-10(16)12(18)6-8;1-9-7-3-2-5-8(9,10)6-4-7/h1-6H,(H,20,21);2,5,7,10H,3-4,6H2,1H3/p-1/t;7-,8-/m.1/s1. The number of nitrogens with zero attached hydrogens (tertiary/aromatic N) is 1. The number of likely N-dealkylation sites (N-methyl/N-ethyl adjacent to an activating group) is 1. The first-order valence-electron chi connectivity index (χ1n) is 9.43. The maximum Gasteiger partial charge on any atom is 0.200 e. The highest BCUT2D eigenvalue weighted by Gasteiger charge is 2.42. The van der Waals surface area contributed by atoms with Crippen LogP contribution in [0.3, 0.4) is 0 Å². The summed E-state index contributed by atoms with van der Waals surface area (Å²) < 4.78 is 66.7. The van der Waals surface area contributed by atoms with Gasteiger partial charge in [0.2, 0.25) is 5.67 Å². The van der Waals surface area contributed by atoms with Crippen LogP contribution >= 0.6 is 0 Å². The molecule has 0 aromatic heterocycles. The Labute approximate surface area is 175 Å². The molecular formula is C22H19F5NO3-. The lowest BCUT2D eigenvalue weighted by Crippen LogP contribution is -2.44. The molecule has 1 saturated heterocycles. The largest absolute Gasteiger partial charge is 0.546 e. The van der Waals surface area contributed by atoms with Crippen LogP contribution < -0.4 is 5.11 Å². The summed E-state index contributed by atoms with van der Waals surface area (Å²) in [6.07, 6.45) is 7.18. The Morgan fingerprint density at radius 2 is 1.58 bits per heavy atom. The Morgan fingerprint density at radius 1 is 1.06 bits per heavy atom. The molecule has 0 unspecified atom stereocenters. The van der Waals surface area contributed by atoms with E-state index in [1.54, 1.807) is 0 Å². The highest BCUT2D eigenvalue weighted by molar-refractivity contribution is 5.82. The zero-order chi connectivity index (χ0) is 23.0. The first-order chi connectivity index (χ1) is 14.5. The smallest absolute Gasteiger partial charge is 0.200 e. The van der Waals surface area contributed by atoms with Crippen molar-refractivity contribution in [1.82, 2.24) is 4.90 Å². The van der Waals surface area contributed by atoms with Crippen molar-refractivity contribution < 1.29 is 37.0 Å². The van der Waals surface area contributed by atoms with Crippen LogP contribution in [0.1, 0.15) is 30.4 Å². The molecule has 9 heteroatoms. The summed E-state index contributed by atoms with van der Waals surface area (Å²) in [5.41, 5.74) is -5.67. The van der Waals surface area contributed by atoms with Crippen molar-refractivity contribution in [1.29, 1.82) is 0 Å². The molecule has 0 saturated carbocycles. The highest BCUT2D eigenvalue weighted by Crippen LogP contribution is 2.37. The SMILES string of the molecule is CN1[C@@H]2CC=C[C@@]1(O)CC2.O=C([O-])C(F)(c1ccc(F)c(F)c1)c1ccc(F)c(F)c1. The van der Waals surface area contributed by atoms with E-state index in [0.717, 1.165) is 19.3 Å². The lowest BCUT2D eigenvalue weighted by molar-refractivity contribution is -0.318. The van der Waals surface area contributed by atoms with E-state index in [2.05, 4.69) is 11.0 Å². The number of fused-ring (bicyclic) bond motifs is 2. The molecule has 2 aliphatic rings. The van der Waals surface area contributed by atoms with E-state index in [1.807, 2.05) is 13.1 Å². The summed E-state index contributed by atoms with van der Waals surface area (Å²) in [5, 5.41) is 20.9. The second kappa shape index (κ2) is 8.39. The van der Waals surface area contributed by atoms with Crippen LogP contribution in [0.25, 0.3) is 0 Å². The molecule has 1 N–H and O–H groups in total. The molecule has 0 aliphatic carbocycles. The molecule has 2 aliphatic heterocycles. The number of carbonyl (C=O) groups excluding carboxylic acids is 1. The number of carboxylic acid groups (broad SMARTS) is 1. The van der Waals surface area contributed by atoms with Gasteiger partial charge in [-0.15, -0.1) is 0 Å². The van der Waals surface area contributed by atoms with E-state index < -0.39 is 51.8 Å². The second-order valence-electron chi connectivity index (χ2n) is 7.52. The maximum absolute atomic E-state index is 14.8. The fourth-order valence-corrected chi connectivity index (χ4v) is 3.78. The molecule has 2 atom stereocenters. The molecule has 2 heterocycles. The molecule has 2 aromatic carbocycles. The van der Waals surface area contributed by atoms with Gasteiger partial charge < -0.3 is 15.0 Å². The maximum atomic E-state index is 14.8. The average Bonchev–Trinajstić information content (AvgIpc) is 2.89. The normalized spacial score (nSPS) is 22.7. The molecule has 1 fully saturated rings. The van der Waals surface area contributed by atoms with Gasteiger partial charge in [-0.25, -0.2) is 22.0 Å². The summed E-state index contributed by atoms with van der Waals surface area (Å²) in [6, 6.07) is 3.60. The minimum absolute atomic E-state index is 0.312. The van der Waals surface area contributed by atoms with Gasteiger partial charge in [0.05, 0.1) is 5.97 Å². The minimum atomic E-state index is -3.46. The van der Waals surface area contributed by atoms with E-state index in [0.29, 0.717) is 42.4 Å². The van der Waals surface area contributed by atoms with Crippen molar-refractivity contribution in [3.63, 3.8) is 0 Å². The Bertz CT molecular complexity index is 977. The van der Waals surface area contributed by atoms with Gasteiger partial charge in [0, 0.05) is 17.2 Å². The average molecular weight is 440 g/mol. The molecule has 0 spiro atoms. The number of rotatable bonds is 3. The zero-order valence-corrected chi connectivity index (χ0v) is 16.4. The van der Waals surface area contributed by atoms with E-state index in [4.69, 9.17) is 0 Å². The molecule has 166 valence electrons. The first kappa shape index (κ1) is 22.9. The van der Waals surface area contributed by atoms with E-state index >= 15 is 0 Å². The molecule has 0 radical (unpaired) electrons. The van der Waals surface area contributed by atoms with Gasteiger partial charge in [-0.2, -0.15) is 0 Å². The number of benzene rings is 2. The van der Waals surface area contributed by atoms with Gasteiger partial charge >= 0.3 is 0 Å². The molecule has 0 amide bonds. The molecule has 2 aromatic rings. The van der Waals surface area contributed by atoms with Crippen LogP contribution in [0.15, 0.2) is 48.6 Å². The van der Waals surface area contributed by atoms with Crippen LogP contribution in [-0.4, -0.2) is 34.8 Å². The molecule has 2 bridgehead atoms. The molecule has 31 heavy (non-hydrogen) atoms. The topological polar surface area (TPSA) is 63.6 Å². The number of halogens is 5. The van der Waals surface area contributed by atoms with Crippen LogP contribution in [0, 0.1) is 23.3 Å². The van der Waals surface area contributed by atoms with Crippen molar-refractivity contribution >= 4 is 5.97 Å². The van der Waals surface area contributed by atoms with E-state index in [-0.39, 0.29) is 0 Å². The van der Waals surface area contributed by atoms with E-state index in [9.17, 15) is 37.0 Å². The van der Waals surface area contributed by atoms with Gasteiger partial charge in [-0.3, -0.25) is 4.90 Å². The summed E-state index contributed by atoms with van der Waals surface area (Å²) in [7, 11) is 2.00. The van der Waals surface area contributed by atoms with Crippen molar-refractivity contribution in [3.8, 4) is 0 Å². The monoisotopic (exact) mass is 440 g/mol. The second-order valence-corrected chi connectivity index (χ2v) is 7.52. The molecule has 4 rings (SSSR count). The summed E-state index contributed by atoms with van der Waals surface area (Å²) in [6.45, 7) is 0. The third-order valence-electron chi connectivity index (χ3n) is 5.71.